The molecule has 24 heavy (non-hydrogen) atoms. The minimum Gasteiger partial charge on any atom is -0.383 e. The van der Waals surface area contributed by atoms with E-state index >= 15 is 0 Å². The van der Waals surface area contributed by atoms with Crippen LogP contribution >= 0.6 is 0 Å². The lowest BCUT2D eigenvalue weighted by atomic mass is 9.97. The van der Waals surface area contributed by atoms with Crippen LogP contribution in [0.1, 0.15) is 33.1 Å². The molecule has 0 aliphatic carbocycles. The predicted octanol–water partition coefficient (Wildman–Crippen LogP) is 1.57. The summed E-state index contributed by atoms with van der Waals surface area (Å²) in [6.45, 7) is 12.0. The van der Waals surface area contributed by atoms with Crippen molar-refractivity contribution in [2.24, 2.45) is 16.8 Å². The van der Waals surface area contributed by atoms with Gasteiger partial charge in [-0.3, -0.25) is 4.99 Å². The summed E-state index contributed by atoms with van der Waals surface area (Å²) < 4.78 is 10.8. The lowest BCUT2D eigenvalue weighted by Crippen LogP contribution is -2.44. The van der Waals surface area contributed by atoms with Gasteiger partial charge in [-0.2, -0.15) is 0 Å². The summed E-state index contributed by atoms with van der Waals surface area (Å²) in [5, 5.41) is 6.77. The van der Waals surface area contributed by atoms with Crippen LogP contribution in [0.15, 0.2) is 4.99 Å². The molecule has 0 saturated carbocycles. The molecule has 1 rings (SSSR count). The first-order valence-electron chi connectivity index (χ1n) is 9.39. The van der Waals surface area contributed by atoms with Gasteiger partial charge in [0.05, 0.1) is 13.2 Å². The Hall–Kier alpha value is -0.850. The van der Waals surface area contributed by atoms with Crippen LogP contribution in [0, 0.1) is 11.8 Å². The monoisotopic (exact) mass is 342 g/mol. The molecule has 0 aromatic rings. The maximum atomic E-state index is 5.62. The molecule has 0 aromatic carbocycles. The minimum atomic E-state index is 0.702. The largest absolute Gasteiger partial charge is 0.383 e. The van der Waals surface area contributed by atoms with Crippen molar-refractivity contribution in [3.8, 4) is 0 Å². The van der Waals surface area contributed by atoms with Crippen LogP contribution in [-0.2, 0) is 9.47 Å². The molecule has 1 heterocycles. The molecule has 0 bridgehead atoms. The first-order valence-corrected chi connectivity index (χ1v) is 9.39. The summed E-state index contributed by atoms with van der Waals surface area (Å²) >= 11 is 0. The Labute approximate surface area is 148 Å². The molecule has 1 fully saturated rings. The van der Waals surface area contributed by atoms with Crippen LogP contribution in [0.2, 0.25) is 0 Å². The van der Waals surface area contributed by atoms with Gasteiger partial charge in [-0.25, -0.2) is 0 Å². The molecule has 0 spiro atoms. The van der Waals surface area contributed by atoms with Crippen molar-refractivity contribution in [2.75, 3.05) is 66.7 Å². The third kappa shape index (κ3) is 10.1. The standard InChI is InChI=1S/C18H38N4O2/c1-16(2)7-12-24-13-8-20-18(19-3)21-15-17-5-9-22(10-6-17)11-14-23-4/h16-17H,5-15H2,1-4H3,(H2,19,20,21). The van der Waals surface area contributed by atoms with Crippen molar-refractivity contribution in [2.45, 2.75) is 33.1 Å². The third-order valence-electron chi connectivity index (χ3n) is 4.48. The molecule has 0 radical (unpaired) electrons. The Balaban J connectivity index is 2.06. The van der Waals surface area contributed by atoms with Crippen molar-refractivity contribution in [1.82, 2.24) is 15.5 Å². The average Bonchev–Trinajstić information content (AvgIpc) is 2.59. The topological polar surface area (TPSA) is 58.1 Å². The van der Waals surface area contributed by atoms with Gasteiger partial charge in [-0.1, -0.05) is 13.8 Å². The quantitative estimate of drug-likeness (QED) is 0.339. The highest BCUT2D eigenvalue weighted by molar-refractivity contribution is 5.79. The van der Waals surface area contributed by atoms with E-state index in [1.54, 1.807) is 7.11 Å². The molecule has 142 valence electrons. The highest BCUT2D eigenvalue weighted by Crippen LogP contribution is 2.15. The van der Waals surface area contributed by atoms with Gasteiger partial charge in [0.1, 0.15) is 0 Å². The maximum absolute atomic E-state index is 5.62. The number of hydrogen-bond acceptors (Lipinski definition) is 4. The number of piperidine rings is 1. The van der Waals surface area contributed by atoms with Gasteiger partial charge in [0.25, 0.3) is 0 Å². The first kappa shape index (κ1) is 21.2. The minimum absolute atomic E-state index is 0.702. The van der Waals surface area contributed by atoms with Crippen molar-refractivity contribution in [3.63, 3.8) is 0 Å². The zero-order chi connectivity index (χ0) is 17.6. The lowest BCUT2D eigenvalue weighted by Gasteiger charge is -2.32. The van der Waals surface area contributed by atoms with E-state index in [0.29, 0.717) is 5.92 Å². The van der Waals surface area contributed by atoms with Crippen molar-refractivity contribution < 1.29 is 9.47 Å². The number of aliphatic imine (C=N–C) groups is 1. The summed E-state index contributed by atoms with van der Waals surface area (Å²) in [6.07, 6.45) is 3.61. The molecule has 0 aromatic heterocycles. The van der Waals surface area contributed by atoms with Crippen LogP contribution in [0.5, 0.6) is 0 Å². The van der Waals surface area contributed by atoms with Crippen LogP contribution < -0.4 is 10.6 Å². The second-order valence-corrected chi connectivity index (χ2v) is 6.95. The van der Waals surface area contributed by atoms with Crippen molar-refractivity contribution >= 4 is 5.96 Å². The van der Waals surface area contributed by atoms with Gasteiger partial charge in [0.2, 0.25) is 0 Å². The number of ether oxygens (including phenoxy) is 2. The summed E-state index contributed by atoms with van der Waals surface area (Å²) in [6, 6.07) is 0. The molecule has 1 saturated heterocycles. The van der Waals surface area contributed by atoms with E-state index in [1.165, 1.54) is 25.9 Å². The third-order valence-corrected chi connectivity index (χ3v) is 4.48. The highest BCUT2D eigenvalue weighted by Gasteiger charge is 2.18. The summed E-state index contributed by atoms with van der Waals surface area (Å²) in [4.78, 5) is 6.77. The SMILES string of the molecule is CN=C(NCCOCCC(C)C)NCC1CCN(CCOC)CC1. The first-order chi connectivity index (χ1) is 11.7. The van der Waals surface area contributed by atoms with E-state index in [0.717, 1.165) is 57.8 Å². The van der Waals surface area contributed by atoms with Gasteiger partial charge < -0.3 is 25.0 Å². The van der Waals surface area contributed by atoms with Crippen LogP contribution in [0.4, 0.5) is 0 Å². The van der Waals surface area contributed by atoms with E-state index < -0.39 is 0 Å². The lowest BCUT2D eigenvalue weighted by molar-refractivity contribution is 0.120. The van der Waals surface area contributed by atoms with E-state index in [2.05, 4.69) is 34.4 Å². The summed E-state index contributed by atoms with van der Waals surface area (Å²) in [7, 11) is 3.59. The predicted molar refractivity (Wildman–Crippen MR) is 101 cm³/mol. The zero-order valence-corrected chi connectivity index (χ0v) is 16.1. The molecular formula is C18H38N4O2. The Morgan fingerprint density at radius 2 is 1.92 bits per heavy atom. The van der Waals surface area contributed by atoms with E-state index in [-0.39, 0.29) is 0 Å². The number of likely N-dealkylation sites (tertiary alicyclic amines) is 1. The normalized spacial score (nSPS) is 17.5. The number of hydrogen-bond donors (Lipinski definition) is 2. The van der Waals surface area contributed by atoms with Gasteiger partial charge in [0, 0.05) is 40.4 Å². The molecule has 1 aliphatic rings. The summed E-state index contributed by atoms with van der Waals surface area (Å²) in [5.74, 6) is 2.31. The Morgan fingerprint density at radius 1 is 1.17 bits per heavy atom. The molecule has 6 heteroatoms. The fourth-order valence-electron chi connectivity index (χ4n) is 2.76. The van der Waals surface area contributed by atoms with Crippen LogP contribution in [0.25, 0.3) is 0 Å². The number of nitrogens with zero attached hydrogens (tertiary/aromatic N) is 2. The number of methoxy groups -OCH3 is 1. The fraction of sp³-hybridized carbons (Fsp3) is 0.944. The van der Waals surface area contributed by atoms with Crippen molar-refractivity contribution in [1.29, 1.82) is 0 Å². The van der Waals surface area contributed by atoms with Crippen molar-refractivity contribution in [3.05, 3.63) is 0 Å². The Bertz CT molecular complexity index is 329. The summed E-state index contributed by atoms with van der Waals surface area (Å²) in [5.41, 5.74) is 0. The van der Waals surface area contributed by atoms with E-state index in [9.17, 15) is 0 Å². The van der Waals surface area contributed by atoms with Gasteiger partial charge in [-0.15, -0.1) is 0 Å². The molecular weight excluding hydrogens is 304 g/mol. The zero-order valence-electron chi connectivity index (χ0n) is 16.1. The molecule has 6 nitrogen and oxygen atoms in total. The second kappa shape index (κ2) is 13.4. The molecule has 1 aliphatic heterocycles. The van der Waals surface area contributed by atoms with Gasteiger partial charge in [-0.05, 0) is 44.2 Å². The number of guanidine groups is 1. The average molecular weight is 343 g/mol. The smallest absolute Gasteiger partial charge is 0.191 e. The van der Waals surface area contributed by atoms with Crippen LogP contribution in [-0.4, -0.2) is 77.6 Å². The van der Waals surface area contributed by atoms with E-state index in [4.69, 9.17) is 9.47 Å². The fourth-order valence-corrected chi connectivity index (χ4v) is 2.76. The highest BCUT2D eigenvalue weighted by atomic mass is 16.5. The second-order valence-electron chi connectivity index (χ2n) is 6.95. The van der Waals surface area contributed by atoms with Gasteiger partial charge in [0.15, 0.2) is 5.96 Å². The molecule has 0 amide bonds. The van der Waals surface area contributed by atoms with E-state index in [1.807, 2.05) is 7.05 Å². The Morgan fingerprint density at radius 3 is 2.54 bits per heavy atom. The number of nitrogens with one attached hydrogen (secondary N) is 2. The Kier molecular flexibility index (Phi) is 11.9. The maximum Gasteiger partial charge on any atom is 0.191 e. The molecule has 0 unspecified atom stereocenters. The van der Waals surface area contributed by atoms with Crippen LogP contribution in [0.3, 0.4) is 0 Å². The van der Waals surface area contributed by atoms with Gasteiger partial charge >= 0.3 is 0 Å². The number of rotatable bonds is 11. The molecule has 2 N–H and O–H groups in total. The molecule has 0 atom stereocenters.